The Morgan fingerprint density at radius 3 is 2.44 bits per heavy atom. The molecule has 1 unspecified atom stereocenters. The molecule has 0 saturated carbocycles. The number of sulfonamides is 1. The molecule has 11 heteroatoms. The van der Waals surface area contributed by atoms with E-state index in [9.17, 15) is 23.2 Å². The summed E-state index contributed by atoms with van der Waals surface area (Å²) in [6.45, 7) is -0.278. The summed E-state index contributed by atoms with van der Waals surface area (Å²) in [7, 11) is -1.25. The van der Waals surface area contributed by atoms with Crippen LogP contribution in [0.15, 0.2) is 53.4 Å². The smallest absolute Gasteiger partial charge is 0.263 e. The Hall–Kier alpha value is -2.99. The van der Waals surface area contributed by atoms with Gasteiger partial charge in [-0.2, -0.15) is 4.31 Å². The Balaban J connectivity index is 2.09. The Labute approximate surface area is 186 Å². The molecule has 2 aromatic rings. The number of hydroxylamine groups is 1. The molecule has 2 amide bonds. The van der Waals surface area contributed by atoms with Crippen LogP contribution in [0.2, 0.25) is 0 Å². The minimum absolute atomic E-state index is 0.0452. The van der Waals surface area contributed by atoms with Crippen LogP contribution in [0.3, 0.4) is 0 Å². The number of hydrogen-bond donors (Lipinski definition) is 2. The molecule has 0 fully saturated rings. The van der Waals surface area contributed by atoms with Crippen LogP contribution in [0.4, 0.5) is 5.69 Å². The topological polar surface area (TPSA) is 125 Å². The van der Waals surface area contributed by atoms with Gasteiger partial charge in [0, 0.05) is 19.3 Å². The van der Waals surface area contributed by atoms with E-state index in [0.717, 1.165) is 4.31 Å². The summed E-state index contributed by atoms with van der Waals surface area (Å²) in [5, 5.41) is 9.32. The fourth-order valence-corrected chi connectivity index (χ4v) is 5.09. The van der Waals surface area contributed by atoms with Crippen molar-refractivity contribution in [2.24, 2.45) is 0 Å². The molecule has 1 aliphatic rings. The molecule has 0 spiro atoms. The summed E-state index contributed by atoms with van der Waals surface area (Å²) in [6.07, 6.45) is 0.0452. The monoisotopic (exact) mass is 463 g/mol. The molecule has 1 heterocycles. The van der Waals surface area contributed by atoms with Gasteiger partial charge in [-0.1, -0.05) is 18.2 Å². The number of para-hydroxylation sites is 1. The molecule has 2 N–H and O–H groups in total. The van der Waals surface area contributed by atoms with Crippen molar-refractivity contribution >= 4 is 27.5 Å². The number of nitrogens with one attached hydrogen (secondary N) is 1. The third-order valence-corrected chi connectivity index (χ3v) is 7.08. The molecule has 1 aliphatic heterocycles. The maximum atomic E-state index is 13.5. The maximum absolute atomic E-state index is 13.5. The van der Waals surface area contributed by atoms with Gasteiger partial charge in [-0.3, -0.25) is 14.8 Å². The molecule has 1 atom stereocenters. The molecular weight excluding hydrogens is 438 g/mol. The van der Waals surface area contributed by atoms with E-state index in [1.807, 2.05) is 0 Å². The van der Waals surface area contributed by atoms with Crippen LogP contribution in [0, 0.1) is 0 Å². The van der Waals surface area contributed by atoms with Crippen LogP contribution in [0.5, 0.6) is 5.75 Å². The van der Waals surface area contributed by atoms with E-state index in [4.69, 9.17) is 9.47 Å². The standard InChI is InChI=1S/C21H25N3O7S/c1-30-12-11-20(25)23-14-19(21(26)22-27)24(13-15-5-3-4-6-18(15)23)32(28,29)17-9-7-16(31-2)8-10-17/h3-10,19,27H,11-14H2,1-2H3,(H,22,26). The molecule has 32 heavy (non-hydrogen) atoms. The van der Waals surface area contributed by atoms with Gasteiger partial charge in [0.05, 0.1) is 31.6 Å². The summed E-state index contributed by atoms with van der Waals surface area (Å²) in [5.74, 6) is -0.803. The molecule has 0 aromatic heterocycles. The van der Waals surface area contributed by atoms with E-state index in [1.165, 1.54) is 48.9 Å². The number of fused-ring (bicyclic) bond motifs is 1. The number of methoxy groups -OCH3 is 2. The van der Waals surface area contributed by atoms with Crippen molar-refractivity contribution in [1.29, 1.82) is 0 Å². The lowest BCUT2D eigenvalue weighted by Gasteiger charge is -2.29. The lowest BCUT2D eigenvalue weighted by Crippen LogP contribution is -2.53. The highest BCUT2D eigenvalue weighted by molar-refractivity contribution is 7.89. The van der Waals surface area contributed by atoms with Crippen molar-refractivity contribution in [1.82, 2.24) is 9.79 Å². The van der Waals surface area contributed by atoms with Gasteiger partial charge >= 0.3 is 0 Å². The second-order valence-corrected chi connectivity index (χ2v) is 8.98. The van der Waals surface area contributed by atoms with Crippen molar-refractivity contribution in [3.05, 3.63) is 54.1 Å². The summed E-state index contributed by atoms with van der Waals surface area (Å²) in [5.41, 5.74) is 2.58. The fourth-order valence-electron chi connectivity index (χ4n) is 3.53. The van der Waals surface area contributed by atoms with Crippen LogP contribution in [0.25, 0.3) is 0 Å². The number of ether oxygens (including phenoxy) is 2. The quantitative estimate of drug-likeness (QED) is 0.466. The maximum Gasteiger partial charge on any atom is 0.263 e. The number of nitrogens with zero attached hydrogens (tertiary/aromatic N) is 2. The van der Waals surface area contributed by atoms with Crippen LogP contribution < -0.4 is 15.1 Å². The van der Waals surface area contributed by atoms with E-state index in [2.05, 4.69) is 0 Å². The third-order valence-electron chi connectivity index (χ3n) is 5.21. The number of carbonyl (C=O) groups is 2. The summed E-state index contributed by atoms with van der Waals surface area (Å²) >= 11 is 0. The van der Waals surface area contributed by atoms with Gasteiger partial charge in [0.1, 0.15) is 11.8 Å². The first-order valence-electron chi connectivity index (χ1n) is 9.80. The van der Waals surface area contributed by atoms with Crippen molar-refractivity contribution in [2.75, 3.05) is 32.3 Å². The third kappa shape index (κ3) is 4.75. The molecule has 3 rings (SSSR count). The second-order valence-electron chi connectivity index (χ2n) is 7.09. The Morgan fingerprint density at radius 1 is 1.12 bits per heavy atom. The average Bonchev–Trinajstić information content (AvgIpc) is 3.00. The Kier molecular flexibility index (Phi) is 7.46. The number of benzene rings is 2. The first-order valence-corrected chi connectivity index (χ1v) is 11.2. The summed E-state index contributed by atoms with van der Waals surface area (Å²) < 4.78 is 38.1. The van der Waals surface area contributed by atoms with Gasteiger partial charge in [0.15, 0.2) is 0 Å². The Bertz CT molecular complexity index is 1070. The van der Waals surface area contributed by atoms with Gasteiger partial charge in [0.25, 0.3) is 5.91 Å². The number of carbonyl (C=O) groups excluding carboxylic acids is 2. The molecule has 2 aromatic carbocycles. The van der Waals surface area contributed by atoms with Gasteiger partial charge in [0.2, 0.25) is 15.9 Å². The summed E-state index contributed by atoms with van der Waals surface area (Å²) in [6, 6.07) is 11.2. The summed E-state index contributed by atoms with van der Waals surface area (Å²) in [4.78, 5) is 26.8. The van der Waals surface area contributed by atoms with Crippen LogP contribution >= 0.6 is 0 Å². The van der Waals surface area contributed by atoms with Crippen molar-refractivity contribution in [2.45, 2.75) is 23.9 Å². The van der Waals surface area contributed by atoms with E-state index >= 15 is 0 Å². The number of rotatable bonds is 7. The lowest BCUT2D eigenvalue weighted by atomic mass is 10.1. The largest absolute Gasteiger partial charge is 0.497 e. The number of hydrogen-bond acceptors (Lipinski definition) is 7. The minimum atomic E-state index is -4.18. The minimum Gasteiger partial charge on any atom is -0.497 e. The fraction of sp³-hybridized carbons (Fsp3) is 0.333. The van der Waals surface area contributed by atoms with E-state index in [1.54, 1.807) is 24.3 Å². The predicted octanol–water partition coefficient (Wildman–Crippen LogP) is 1.14. The first-order chi connectivity index (χ1) is 15.3. The molecule has 0 saturated heterocycles. The van der Waals surface area contributed by atoms with Crippen LogP contribution in [0.1, 0.15) is 12.0 Å². The van der Waals surface area contributed by atoms with E-state index in [-0.39, 0.29) is 36.9 Å². The van der Waals surface area contributed by atoms with Gasteiger partial charge in [-0.25, -0.2) is 13.9 Å². The van der Waals surface area contributed by atoms with Gasteiger partial charge in [-0.15, -0.1) is 0 Å². The van der Waals surface area contributed by atoms with E-state index < -0.39 is 22.0 Å². The normalized spacial score (nSPS) is 16.7. The van der Waals surface area contributed by atoms with Gasteiger partial charge in [-0.05, 0) is 35.9 Å². The van der Waals surface area contributed by atoms with Crippen molar-refractivity contribution in [3.8, 4) is 5.75 Å². The van der Waals surface area contributed by atoms with Gasteiger partial charge < -0.3 is 14.4 Å². The van der Waals surface area contributed by atoms with E-state index in [0.29, 0.717) is 17.0 Å². The molecule has 10 nitrogen and oxygen atoms in total. The zero-order chi connectivity index (χ0) is 23.3. The van der Waals surface area contributed by atoms with Crippen molar-refractivity contribution in [3.63, 3.8) is 0 Å². The SMILES string of the molecule is COCCC(=O)N1CC(C(=O)NO)N(S(=O)(=O)c2ccc(OC)cc2)Cc2ccccc21. The predicted molar refractivity (Wildman–Crippen MR) is 115 cm³/mol. The van der Waals surface area contributed by atoms with Crippen molar-refractivity contribution < 1.29 is 32.7 Å². The number of amides is 2. The molecular formula is C21H25N3O7S. The molecule has 0 radical (unpaired) electrons. The zero-order valence-electron chi connectivity index (χ0n) is 17.7. The van der Waals surface area contributed by atoms with Crippen LogP contribution in [-0.2, 0) is 30.9 Å². The van der Waals surface area contributed by atoms with Crippen LogP contribution in [-0.4, -0.2) is 63.2 Å². The second kappa shape index (κ2) is 10.1. The highest BCUT2D eigenvalue weighted by atomic mass is 32.2. The highest BCUT2D eigenvalue weighted by Gasteiger charge is 2.41. The number of anilines is 1. The molecule has 172 valence electrons. The first kappa shape index (κ1) is 23.7. The lowest BCUT2D eigenvalue weighted by molar-refractivity contribution is -0.133. The zero-order valence-corrected chi connectivity index (χ0v) is 18.5. The Morgan fingerprint density at radius 2 is 1.81 bits per heavy atom. The molecule has 0 bridgehead atoms. The highest BCUT2D eigenvalue weighted by Crippen LogP contribution is 2.32. The molecule has 0 aliphatic carbocycles. The average molecular weight is 464 g/mol.